The molecule has 0 saturated carbocycles. The van der Waals surface area contributed by atoms with Crippen LogP contribution in [0.5, 0.6) is 17.2 Å². The highest BCUT2D eigenvalue weighted by atomic mass is 16.5. The van der Waals surface area contributed by atoms with Crippen LogP contribution in [0.4, 0.5) is 0 Å². The Morgan fingerprint density at radius 2 is 1.76 bits per heavy atom. The molecule has 5 heteroatoms. The molecule has 0 amide bonds. The van der Waals surface area contributed by atoms with Gasteiger partial charge in [-0.2, -0.15) is 0 Å². The van der Waals surface area contributed by atoms with Crippen LogP contribution >= 0.6 is 0 Å². The molecule has 0 unspecified atom stereocenters. The van der Waals surface area contributed by atoms with Gasteiger partial charge < -0.3 is 14.9 Å². The van der Waals surface area contributed by atoms with Gasteiger partial charge in [-0.1, -0.05) is 0 Å². The summed E-state index contributed by atoms with van der Waals surface area (Å²) in [5, 5.41) is 19.2. The number of fused-ring (bicyclic) bond motifs is 1. The third-order valence-corrected chi connectivity index (χ3v) is 2.62. The maximum atomic E-state index is 11.9. The molecule has 0 fully saturated rings. The molecular weight excluding hydrogens is 224 g/mol. The predicted molar refractivity (Wildman–Crippen MR) is 58.7 cm³/mol. The summed E-state index contributed by atoms with van der Waals surface area (Å²) in [6, 6.07) is 0.983. The SMILES string of the molecule is COc1c(O)cc(O)c2c1C(=O)C(C)=CC2=O. The number of allylic oxidation sites excluding steroid dienone is 2. The van der Waals surface area contributed by atoms with Gasteiger partial charge in [-0.25, -0.2) is 0 Å². The summed E-state index contributed by atoms with van der Waals surface area (Å²) in [6.07, 6.45) is 1.15. The molecule has 1 aliphatic carbocycles. The zero-order chi connectivity index (χ0) is 12.7. The fourth-order valence-corrected chi connectivity index (χ4v) is 1.84. The van der Waals surface area contributed by atoms with Crippen LogP contribution in [0.3, 0.4) is 0 Å². The van der Waals surface area contributed by atoms with Crippen LogP contribution in [0.25, 0.3) is 0 Å². The van der Waals surface area contributed by atoms with Crippen LogP contribution in [0.15, 0.2) is 17.7 Å². The second-order valence-electron chi connectivity index (χ2n) is 3.72. The molecule has 1 aromatic rings. The standard InChI is InChI=1S/C12H10O5/c1-5-3-6(13)9-7(14)4-8(15)12(17-2)10(9)11(5)16/h3-4,14-15H,1-2H3. The number of ether oxygens (including phenoxy) is 1. The molecule has 1 aliphatic rings. The summed E-state index contributed by atoms with van der Waals surface area (Å²) in [5.41, 5.74) is 0.0241. The second-order valence-corrected chi connectivity index (χ2v) is 3.72. The number of hydrogen-bond acceptors (Lipinski definition) is 5. The Morgan fingerprint density at radius 3 is 2.35 bits per heavy atom. The minimum absolute atomic E-state index is 0.0880. The normalized spacial score (nSPS) is 14.4. The Kier molecular flexibility index (Phi) is 2.38. The number of phenolic OH excluding ortho intramolecular Hbond substituents is 2. The minimum atomic E-state index is -0.479. The number of benzene rings is 1. The van der Waals surface area contributed by atoms with Crippen LogP contribution in [-0.2, 0) is 0 Å². The van der Waals surface area contributed by atoms with E-state index < -0.39 is 17.3 Å². The molecule has 0 atom stereocenters. The molecule has 0 spiro atoms. The number of hydrogen-bond donors (Lipinski definition) is 2. The molecule has 5 nitrogen and oxygen atoms in total. The van der Waals surface area contributed by atoms with E-state index in [9.17, 15) is 19.8 Å². The van der Waals surface area contributed by atoms with E-state index in [1.54, 1.807) is 0 Å². The number of Topliss-reactive ketones (excluding diaryl/α,β-unsaturated/α-hetero) is 1. The van der Waals surface area contributed by atoms with Crippen LogP contribution < -0.4 is 4.74 Å². The number of ketones is 2. The summed E-state index contributed by atoms with van der Waals surface area (Å²) >= 11 is 0. The molecule has 2 N–H and O–H groups in total. The lowest BCUT2D eigenvalue weighted by Crippen LogP contribution is -2.17. The van der Waals surface area contributed by atoms with Crippen LogP contribution in [0, 0.1) is 0 Å². The fraction of sp³-hybridized carbons (Fsp3) is 0.167. The van der Waals surface area contributed by atoms with Gasteiger partial charge in [0.1, 0.15) is 5.75 Å². The topological polar surface area (TPSA) is 83.8 Å². The molecule has 0 radical (unpaired) electrons. The van der Waals surface area contributed by atoms with Crippen molar-refractivity contribution in [1.29, 1.82) is 0 Å². The van der Waals surface area contributed by atoms with E-state index in [4.69, 9.17) is 4.74 Å². The molecular formula is C12H10O5. The number of carbonyl (C=O) groups excluding carboxylic acids is 2. The van der Waals surface area contributed by atoms with Crippen LogP contribution in [0.2, 0.25) is 0 Å². The third-order valence-electron chi connectivity index (χ3n) is 2.62. The van der Waals surface area contributed by atoms with Gasteiger partial charge >= 0.3 is 0 Å². The van der Waals surface area contributed by atoms with Gasteiger partial charge in [0.2, 0.25) is 0 Å². The smallest absolute Gasteiger partial charge is 0.193 e. The zero-order valence-electron chi connectivity index (χ0n) is 9.27. The summed E-state index contributed by atoms with van der Waals surface area (Å²) < 4.78 is 4.90. The summed E-state index contributed by atoms with van der Waals surface area (Å²) in [6.45, 7) is 1.49. The number of phenols is 2. The van der Waals surface area contributed by atoms with E-state index in [-0.39, 0.29) is 28.2 Å². The Hall–Kier alpha value is -2.30. The average molecular weight is 234 g/mol. The summed E-state index contributed by atoms with van der Waals surface area (Å²) in [7, 11) is 1.28. The Balaban J connectivity index is 2.86. The molecule has 1 aromatic carbocycles. The number of carbonyl (C=O) groups is 2. The van der Waals surface area contributed by atoms with E-state index in [1.807, 2.05) is 0 Å². The average Bonchev–Trinajstić information content (AvgIpc) is 2.25. The Labute approximate surface area is 97.0 Å². The molecule has 2 rings (SSSR count). The minimum Gasteiger partial charge on any atom is -0.507 e. The number of aromatic hydroxyl groups is 2. The van der Waals surface area contributed by atoms with Crippen molar-refractivity contribution >= 4 is 11.6 Å². The van der Waals surface area contributed by atoms with Gasteiger partial charge in [-0.05, 0) is 13.0 Å². The lowest BCUT2D eigenvalue weighted by atomic mass is 9.88. The monoisotopic (exact) mass is 234 g/mol. The first-order valence-corrected chi connectivity index (χ1v) is 4.87. The molecule has 0 saturated heterocycles. The lowest BCUT2D eigenvalue weighted by Gasteiger charge is -2.17. The molecule has 0 aliphatic heterocycles. The largest absolute Gasteiger partial charge is 0.507 e. The highest BCUT2D eigenvalue weighted by Crippen LogP contribution is 2.41. The Morgan fingerprint density at radius 1 is 1.12 bits per heavy atom. The summed E-state index contributed by atoms with van der Waals surface area (Å²) in [4.78, 5) is 23.6. The summed E-state index contributed by atoms with van der Waals surface area (Å²) in [5.74, 6) is -1.82. The molecule has 88 valence electrons. The van der Waals surface area contributed by atoms with E-state index in [0.717, 1.165) is 12.1 Å². The maximum Gasteiger partial charge on any atom is 0.193 e. The van der Waals surface area contributed by atoms with Crippen molar-refractivity contribution in [2.75, 3.05) is 7.11 Å². The van der Waals surface area contributed by atoms with Gasteiger partial charge in [0.25, 0.3) is 0 Å². The Bertz CT molecular complexity index is 569. The van der Waals surface area contributed by atoms with E-state index in [1.165, 1.54) is 14.0 Å². The van der Waals surface area contributed by atoms with Crippen molar-refractivity contribution < 1.29 is 24.5 Å². The second kappa shape index (κ2) is 3.62. The first kappa shape index (κ1) is 11.2. The van der Waals surface area contributed by atoms with E-state index in [2.05, 4.69) is 0 Å². The highest BCUT2D eigenvalue weighted by Gasteiger charge is 2.31. The van der Waals surface area contributed by atoms with E-state index >= 15 is 0 Å². The molecule has 0 bridgehead atoms. The van der Waals surface area contributed by atoms with Crippen molar-refractivity contribution in [2.24, 2.45) is 0 Å². The van der Waals surface area contributed by atoms with Gasteiger partial charge in [0, 0.05) is 11.6 Å². The molecule has 0 aromatic heterocycles. The van der Waals surface area contributed by atoms with Crippen LogP contribution in [-0.4, -0.2) is 28.9 Å². The first-order chi connectivity index (χ1) is 7.97. The fourth-order valence-electron chi connectivity index (χ4n) is 1.84. The quantitative estimate of drug-likeness (QED) is 0.767. The number of rotatable bonds is 1. The zero-order valence-corrected chi connectivity index (χ0v) is 9.27. The highest BCUT2D eigenvalue weighted by molar-refractivity contribution is 6.26. The number of methoxy groups -OCH3 is 1. The maximum absolute atomic E-state index is 11.9. The molecule has 0 heterocycles. The van der Waals surface area contributed by atoms with Gasteiger partial charge in [-0.15, -0.1) is 0 Å². The van der Waals surface area contributed by atoms with Crippen molar-refractivity contribution in [3.8, 4) is 17.2 Å². The third kappa shape index (κ3) is 1.47. The van der Waals surface area contributed by atoms with Crippen molar-refractivity contribution in [3.05, 3.63) is 28.8 Å². The van der Waals surface area contributed by atoms with Crippen LogP contribution in [0.1, 0.15) is 27.6 Å². The van der Waals surface area contributed by atoms with Crippen molar-refractivity contribution in [1.82, 2.24) is 0 Å². The van der Waals surface area contributed by atoms with Gasteiger partial charge in [0.05, 0.1) is 18.2 Å². The van der Waals surface area contributed by atoms with Gasteiger partial charge in [-0.3, -0.25) is 9.59 Å². The molecule has 17 heavy (non-hydrogen) atoms. The van der Waals surface area contributed by atoms with Crippen molar-refractivity contribution in [3.63, 3.8) is 0 Å². The van der Waals surface area contributed by atoms with Gasteiger partial charge in [0.15, 0.2) is 23.1 Å². The lowest BCUT2D eigenvalue weighted by molar-refractivity contribution is 0.0979. The first-order valence-electron chi connectivity index (χ1n) is 4.87. The predicted octanol–water partition coefficient (Wildman–Crippen LogP) is 1.43. The van der Waals surface area contributed by atoms with E-state index in [0.29, 0.717) is 0 Å². The van der Waals surface area contributed by atoms with Crippen molar-refractivity contribution in [2.45, 2.75) is 6.92 Å².